The minimum atomic E-state index is -2.54. The molecule has 0 spiro atoms. The van der Waals surface area contributed by atoms with Crippen LogP contribution in [0.2, 0.25) is 0 Å². The van der Waals surface area contributed by atoms with E-state index in [4.69, 9.17) is 5.11 Å². The Hall–Kier alpha value is -0.710. The summed E-state index contributed by atoms with van der Waals surface area (Å²) in [5.74, 6) is -1.12. The predicted octanol–water partition coefficient (Wildman–Crippen LogP) is 0.706. The van der Waals surface area contributed by atoms with Gasteiger partial charge in [-0.05, 0) is 13.0 Å². The minimum absolute atomic E-state index is 0.159. The van der Waals surface area contributed by atoms with Gasteiger partial charge in [0.05, 0.1) is 5.41 Å². The molecule has 0 aliphatic carbocycles. The largest absolute Gasteiger partial charge is 0.481 e. The molecule has 0 aromatic heterocycles. The molecular weight excluding hydrogens is 168 g/mol. The highest BCUT2D eigenvalue weighted by Gasteiger charge is 2.43. The van der Waals surface area contributed by atoms with Gasteiger partial charge in [0.25, 0.3) is 0 Å². The van der Waals surface area contributed by atoms with Crippen LogP contribution in [0.1, 0.15) is 12.8 Å². The molecule has 1 fully saturated rings. The van der Waals surface area contributed by atoms with E-state index in [2.05, 4.69) is 5.32 Å². The summed E-state index contributed by atoms with van der Waals surface area (Å²) in [7, 11) is 0. The van der Waals surface area contributed by atoms with E-state index >= 15 is 0 Å². The smallest absolute Gasteiger partial charge is 0.311 e. The van der Waals surface area contributed by atoms with Gasteiger partial charge < -0.3 is 10.4 Å². The zero-order valence-corrected chi connectivity index (χ0v) is 6.52. The van der Waals surface area contributed by atoms with Crippen molar-refractivity contribution in [2.75, 3.05) is 13.1 Å². The van der Waals surface area contributed by atoms with Crippen LogP contribution < -0.4 is 5.32 Å². The number of carboxylic acid groups (broad SMARTS) is 1. The number of hydrogen-bond donors (Lipinski definition) is 2. The van der Waals surface area contributed by atoms with Crippen molar-refractivity contribution in [1.82, 2.24) is 5.32 Å². The lowest BCUT2D eigenvalue weighted by Crippen LogP contribution is -2.35. The molecule has 0 amide bonds. The second-order valence-corrected chi connectivity index (χ2v) is 3.11. The zero-order valence-electron chi connectivity index (χ0n) is 6.52. The normalized spacial score (nSPS) is 29.6. The van der Waals surface area contributed by atoms with E-state index in [0.29, 0.717) is 13.0 Å². The highest BCUT2D eigenvalue weighted by atomic mass is 19.3. The van der Waals surface area contributed by atoms with Crippen molar-refractivity contribution in [3.8, 4) is 0 Å². The Balaban J connectivity index is 2.65. The van der Waals surface area contributed by atoms with Gasteiger partial charge in [0.1, 0.15) is 0 Å². The molecule has 12 heavy (non-hydrogen) atoms. The van der Waals surface area contributed by atoms with Crippen LogP contribution in [-0.2, 0) is 4.79 Å². The molecule has 5 heteroatoms. The number of hydrogen-bond acceptors (Lipinski definition) is 2. The molecule has 3 nitrogen and oxygen atoms in total. The summed E-state index contributed by atoms with van der Waals surface area (Å²) >= 11 is 0. The summed E-state index contributed by atoms with van der Waals surface area (Å²) in [4.78, 5) is 10.7. The predicted molar refractivity (Wildman–Crippen MR) is 38.2 cm³/mol. The quantitative estimate of drug-likeness (QED) is 0.670. The molecule has 0 aromatic carbocycles. The van der Waals surface area contributed by atoms with E-state index in [0.717, 1.165) is 0 Å². The molecular formula is C7H11F2NO2. The van der Waals surface area contributed by atoms with Crippen molar-refractivity contribution in [2.24, 2.45) is 5.41 Å². The van der Waals surface area contributed by atoms with Crippen molar-refractivity contribution in [1.29, 1.82) is 0 Å². The van der Waals surface area contributed by atoms with Crippen LogP contribution in [0.5, 0.6) is 0 Å². The molecule has 1 heterocycles. The van der Waals surface area contributed by atoms with Crippen LogP contribution in [0.3, 0.4) is 0 Å². The van der Waals surface area contributed by atoms with Gasteiger partial charge in [0.15, 0.2) is 0 Å². The average molecular weight is 179 g/mol. The molecule has 1 unspecified atom stereocenters. The van der Waals surface area contributed by atoms with Crippen molar-refractivity contribution >= 4 is 5.97 Å². The molecule has 1 rings (SSSR count). The summed E-state index contributed by atoms with van der Waals surface area (Å²) in [6.45, 7) is 0.672. The number of halogens is 2. The molecule has 1 aliphatic rings. The monoisotopic (exact) mass is 179 g/mol. The van der Waals surface area contributed by atoms with Crippen molar-refractivity contribution < 1.29 is 18.7 Å². The van der Waals surface area contributed by atoms with Crippen molar-refractivity contribution in [2.45, 2.75) is 19.3 Å². The number of rotatable bonds is 3. The second-order valence-electron chi connectivity index (χ2n) is 3.11. The molecule has 1 atom stereocenters. The third-order valence-corrected chi connectivity index (χ3v) is 2.24. The lowest BCUT2D eigenvalue weighted by molar-refractivity contribution is -0.150. The van der Waals surface area contributed by atoms with Crippen molar-refractivity contribution in [3.05, 3.63) is 0 Å². The van der Waals surface area contributed by atoms with Crippen LogP contribution in [-0.4, -0.2) is 30.6 Å². The lowest BCUT2D eigenvalue weighted by atomic mass is 9.84. The first-order valence-corrected chi connectivity index (χ1v) is 3.79. The maximum atomic E-state index is 12.0. The second kappa shape index (κ2) is 3.35. The Morgan fingerprint density at radius 2 is 2.33 bits per heavy atom. The van der Waals surface area contributed by atoms with Gasteiger partial charge in [-0.2, -0.15) is 0 Å². The maximum Gasteiger partial charge on any atom is 0.311 e. The third kappa shape index (κ3) is 1.72. The Kier molecular flexibility index (Phi) is 2.62. The van der Waals surface area contributed by atoms with Crippen LogP contribution in [0.4, 0.5) is 8.78 Å². The van der Waals surface area contributed by atoms with Gasteiger partial charge in [0.2, 0.25) is 6.43 Å². The Labute approximate surface area is 68.8 Å². The van der Waals surface area contributed by atoms with E-state index in [1.807, 2.05) is 0 Å². The summed E-state index contributed by atoms with van der Waals surface area (Å²) in [6, 6.07) is 0. The summed E-state index contributed by atoms with van der Waals surface area (Å²) in [6.07, 6.45) is -2.79. The van der Waals surface area contributed by atoms with Crippen molar-refractivity contribution in [3.63, 3.8) is 0 Å². The Morgan fingerprint density at radius 3 is 2.67 bits per heavy atom. The Morgan fingerprint density at radius 1 is 1.67 bits per heavy atom. The van der Waals surface area contributed by atoms with Gasteiger partial charge in [-0.1, -0.05) is 0 Å². The van der Waals surface area contributed by atoms with Gasteiger partial charge in [-0.3, -0.25) is 4.79 Å². The number of carboxylic acids is 1. The van der Waals surface area contributed by atoms with Crippen LogP contribution in [0.25, 0.3) is 0 Å². The van der Waals surface area contributed by atoms with E-state index < -0.39 is 24.2 Å². The highest BCUT2D eigenvalue weighted by Crippen LogP contribution is 2.32. The fraction of sp³-hybridized carbons (Fsp3) is 0.857. The first-order chi connectivity index (χ1) is 5.57. The van der Waals surface area contributed by atoms with Gasteiger partial charge >= 0.3 is 5.97 Å². The summed E-state index contributed by atoms with van der Waals surface area (Å²) < 4.78 is 24.0. The lowest BCUT2D eigenvalue weighted by Gasteiger charge is -2.21. The summed E-state index contributed by atoms with van der Waals surface area (Å²) in [5, 5.41) is 11.5. The van der Waals surface area contributed by atoms with Crippen LogP contribution in [0, 0.1) is 5.41 Å². The van der Waals surface area contributed by atoms with Crippen LogP contribution in [0.15, 0.2) is 0 Å². The number of alkyl halides is 2. The number of nitrogens with one attached hydrogen (secondary N) is 1. The Bertz CT molecular complexity index is 178. The van der Waals surface area contributed by atoms with E-state index in [1.54, 1.807) is 0 Å². The number of aliphatic carboxylic acids is 1. The first-order valence-electron chi connectivity index (χ1n) is 3.79. The molecule has 1 aliphatic heterocycles. The molecule has 0 radical (unpaired) electrons. The average Bonchev–Trinajstić information content (AvgIpc) is 2.35. The molecule has 1 saturated heterocycles. The molecule has 0 aromatic rings. The standard InChI is InChI=1S/C7H11F2NO2/c8-5(9)3-7(6(11)12)1-2-10-4-7/h5,10H,1-4H2,(H,11,12). The van der Waals surface area contributed by atoms with Gasteiger partial charge in [-0.25, -0.2) is 8.78 Å². The molecule has 2 N–H and O–H groups in total. The third-order valence-electron chi connectivity index (χ3n) is 2.24. The highest BCUT2D eigenvalue weighted by molar-refractivity contribution is 5.75. The minimum Gasteiger partial charge on any atom is -0.481 e. The fourth-order valence-corrected chi connectivity index (χ4v) is 1.48. The molecule has 0 bridgehead atoms. The fourth-order valence-electron chi connectivity index (χ4n) is 1.48. The summed E-state index contributed by atoms with van der Waals surface area (Å²) in [5.41, 5.74) is -1.23. The SMILES string of the molecule is O=C(O)C1(CC(F)F)CCNC1. The first kappa shape index (κ1) is 9.38. The zero-order chi connectivity index (χ0) is 9.19. The molecule has 0 saturated carbocycles. The molecule has 70 valence electrons. The number of carbonyl (C=O) groups is 1. The van der Waals surface area contributed by atoms with E-state index in [1.165, 1.54) is 0 Å². The topological polar surface area (TPSA) is 49.3 Å². The van der Waals surface area contributed by atoms with Crippen LogP contribution >= 0.6 is 0 Å². The van der Waals surface area contributed by atoms with E-state index in [-0.39, 0.29) is 6.54 Å². The maximum absolute atomic E-state index is 12.0. The van der Waals surface area contributed by atoms with E-state index in [9.17, 15) is 13.6 Å². The van der Waals surface area contributed by atoms with Gasteiger partial charge in [0, 0.05) is 13.0 Å². The van der Waals surface area contributed by atoms with Gasteiger partial charge in [-0.15, -0.1) is 0 Å².